The number of non-ortho nitro benzene ring substituents is 1. The fraction of sp³-hybridized carbons (Fsp3) is 0.130. The maximum Gasteiger partial charge on any atom is 0.339 e. The Labute approximate surface area is 167 Å². The minimum atomic E-state index is -1.16. The van der Waals surface area contributed by atoms with Crippen LogP contribution in [0.3, 0.4) is 0 Å². The second-order valence-electron chi connectivity index (χ2n) is 6.67. The Kier molecular flexibility index (Phi) is 5.83. The largest absolute Gasteiger partial charge is 0.445 e. The molecule has 0 saturated carbocycles. The first-order valence-electron chi connectivity index (χ1n) is 8.98. The second kappa shape index (κ2) is 8.48. The zero-order valence-electron chi connectivity index (χ0n) is 16.0. The van der Waals surface area contributed by atoms with Crippen molar-refractivity contribution in [2.24, 2.45) is 0 Å². The van der Waals surface area contributed by atoms with Gasteiger partial charge in [0.2, 0.25) is 5.78 Å². The lowest BCUT2D eigenvalue weighted by atomic mass is 9.97. The van der Waals surface area contributed by atoms with Gasteiger partial charge in [0.15, 0.2) is 6.10 Å². The van der Waals surface area contributed by atoms with Crippen LogP contribution < -0.4 is 0 Å². The van der Waals surface area contributed by atoms with E-state index in [9.17, 15) is 19.7 Å². The molecular formula is C23H19NO5. The molecule has 3 aromatic carbocycles. The third-order valence-electron chi connectivity index (χ3n) is 4.65. The summed E-state index contributed by atoms with van der Waals surface area (Å²) in [6, 6.07) is 19.2. The van der Waals surface area contributed by atoms with Gasteiger partial charge in [0.1, 0.15) is 0 Å². The summed E-state index contributed by atoms with van der Waals surface area (Å²) in [6.45, 7) is 3.85. The van der Waals surface area contributed by atoms with Crippen LogP contribution in [-0.4, -0.2) is 16.7 Å². The van der Waals surface area contributed by atoms with Crippen LogP contribution >= 0.6 is 0 Å². The van der Waals surface area contributed by atoms with Crippen molar-refractivity contribution in [3.05, 3.63) is 111 Å². The fourth-order valence-electron chi connectivity index (χ4n) is 2.87. The molecule has 0 radical (unpaired) electrons. The monoisotopic (exact) mass is 389 g/mol. The average Bonchev–Trinajstić information content (AvgIpc) is 2.74. The number of carbonyl (C=O) groups excluding carboxylic acids is 2. The summed E-state index contributed by atoms with van der Waals surface area (Å²) < 4.78 is 5.53. The summed E-state index contributed by atoms with van der Waals surface area (Å²) in [7, 11) is 0. The highest BCUT2D eigenvalue weighted by Gasteiger charge is 2.27. The van der Waals surface area contributed by atoms with E-state index in [1.165, 1.54) is 18.2 Å². The zero-order valence-corrected chi connectivity index (χ0v) is 16.0. The number of carbonyl (C=O) groups is 2. The van der Waals surface area contributed by atoms with Crippen LogP contribution in [0.1, 0.15) is 43.5 Å². The minimum Gasteiger partial charge on any atom is -0.445 e. The van der Waals surface area contributed by atoms with Crippen molar-refractivity contribution < 1.29 is 19.2 Å². The van der Waals surface area contributed by atoms with Gasteiger partial charge in [-0.15, -0.1) is 0 Å². The molecule has 3 aromatic rings. The van der Waals surface area contributed by atoms with Crippen molar-refractivity contribution in [3.63, 3.8) is 0 Å². The molecule has 3 rings (SSSR count). The molecule has 0 unspecified atom stereocenters. The predicted molar refractivity (Wildman–Crippen MR) is 108 cm³/mol. The van der Waals surface area contributed by atoms with E-state index in [1.807, 2.05) is 19.9 Å². The van der Waals surface area contributed by atoms with Gasteiger partial charge >= 0.3 is 5.97 Å². The Hall–Kier alpha value is -3.80. The molecule has 29 heavy (non-hydrogen) atoms. The molecule has 0 saturated heterocycles. The predicted octanol–water partition coefficient (Wildman–Crippen LogP) is 4.99. The number of aryl methyl sites for hydroxylation is 2. The molecule has 0 amide bonds. The van der Waals surface area contributed by atoms with Gasteiger partial charge in [-0.2, -0.15) is 0 Å². The number of hydrogen-bond donors (Lipinski definition) is 0. The molecule has 6 heteroatoms. The standard InChI is InChI=1S/C23H19NO5/c1-15-11-12-18(13-16(15)2)21(25)22(17-7-4-3-5-8-17)29-23(26)19-9-6-10-20(14-19)24(27)28/h3-14,22H,1-2H3/t22-/m0/s1. The molecule has 6 nitrogen and oxygen atoms in total. The summed E-state index contributed by atoms with van der Waals surface area (Å²) in [6.07, 6.45) is -1.16. The number of ether oxygens (including phenoxy) is 1. The smallest absolute Gasteiger partial charge is 0.339 e. The Morgan fingerprint density at radius 3 is 2.24 bits per heavy atom. The van der Waals surface area contributed by atoms with Crippen LogP contribution in [0, 0.1) is 24.0 Å². The number of nitrogens with zero attached hydrogens (tertiary/aromatic N) is 1. The van der Waals surface area contributed by atoms with Crippen LogP contribution in [0.15, 0.2) is 72.8 Å². The van der Waals surface area contributed by atoms with Gasteiger partial charge in [-0.25, -0.2) is 4.79 Å². The van der Waals surface area contributed by atoms with E-state index in [0.29, 0.717) is 11.1 Å². The van der Waals surface area contributed by atoms with Gasteiger partial charge in [-0.3, -0.25) is 14.9 Å². The molecule has 0 aliphatic carbocycles. The van der Waals surface area contributed by atoms with Crippen molar-refractivity contribution in [2.75, 3.05) is 0 Å². The molecule has 0 heterocycles. The first-order chi connectivity index (χ1) is 13.9. The van der Waals surface area contributed by atoms with E-state index in [1.54, 1.807) is 42.5 Å². The lowest BCUT2D eigenvalue weighted by Crippen LogP contribution is -2.20. The molecule has 0 aliphatic rings. The molecule has 0 bridgehead atoms. The summed E-state index contributed by atoms with van der Waals surface area (Å²) in [5.41, 5.74) is 2.73. The molecule has 0 fully saturated rings. The SMILES string of the molecule is Cc1ccc(C(=O)[C@@H](OC(=O)c2cccc([N+](=O)[O-])c2)c2ccccc2)cc1C. The number of Topliss-reactive ketones (excluding diaryl/α,β-unsaturated/α-hetero) is 1. The first-order valence-corrected chi connectivity index (χ1v) is 8.98. The topological polar surface area (TPSA) is 86.5 Å². The van der Waals surface area contributed by atoms with E-state index < -0.39 is 17.0 Å². The Balaban J connectivity index is 1.95. The third kappa shape index (κ3) is 4.55. The van der Waals surface area contributed by atoms with Crippen molar-refractivity contribution in [2.45, 2.75) is 20.0 Å². The van der Waals surface area contributed by atoms with Gasteiger partial charge in [-0.05, 0) is 37.1 Å². The highest BCUT2D eigenvalue weighted by Crippen LogP contribution is 2.26. The normalized spacial score (nSPS) is 11.5. The van der Waals surface area contributed by atoms with Crippen LogP contribution in [0.2, 0.25) is 0 Å². The minimum absolute atomic E-state index is 0.00742. The maximum atomic E-state index is 13.2. The first kappa shape index (κ1) is 19.9. The van der Waals surface area contributed by atoms with Crippen LogP contribution in [-0.2, 0) is 4.74 Å². The number of nitro groups is 1. The van der Waals surface area contributed by atoms with Gasteiger partial charge < -0.3 is 4.74 Å². The average molecular weight is 389 g/mol. The summed E-state index contributed by atoms with van der Waals surface area (Å²) in [4.78, 5) is 36.2. The summed E-state index contributed by atoms with van der Waals surface area (Å²) in [5.74, 6) is -1.17. The molecule has 0 N–H and O–H groups in total. The molecule has 146 valence electrons. The molecule has 0 aromatic heterocycles. The third-order valence-corrected chi connectivity index (χ3v) is 4.65. The van der Waals surface area contributed by atoms with Crippen LogP contribution in [0.25, 0.3) is 0 Å². The van der Waals surface area contributed by atoms with E-state index in [-0.39, 0.29) is 17.0 Å². The number of hydrogen-bond acceptors (Lipinski definition) is 5. The van der Waals surface area contributed by atoms with Gasteiger partial charge in [0.25, 0.3) is 5.69 Å². The highest BCUT2D eigenvalue weighted by atomic mass is 16.6. The van der Waals surface area contributed by atoms with Gasteiger partial charge in [-0.1, -0.05) is 48.5 Å². The fourth-order valence-corrected chi connectivity index (χ4v) is 2.87. The summed E-state index contributed by atoms with van der Waals surface area (Å²) in [5, 5.41) is 11.0. The van der Waals surface area contributed by atoms with Crippen molar-refractivity contribution in [3.8, 4) is 0 Å². The van der Waals surface area contributed by atoms with Gasteiger partial charge in [0.05, 0.1) is 10.5 Å². The molecule has 0 aliphatic heterocycles. The second-order valence-corrected chi connectivity index (χ2v) is 6.67. The van der Waals surface area contributed by atoms with E-state index in [0.717, 1.165) is 17.2 Å². The Bertz CT molecular complexity index is 1080. The van der Waals surface area contributed by atoms with Crippen molar-refractivity contribution >= 4 is 17.4 Å². The Morgan fingerprint density at radius 2 is 1.59 bits per heavy atom. The number of rotatable bonds is 6. The van der Waals surface area contributed by atoms with Crippen molar-refractivity contribution in [1.82, 2.24) is 0 Å². The van der Waals surface area contributed by atoms with E-state index in [4.69, 9.17) is 4.74 Å². The summed E-state index contributed by atoms with van der Waals surface area (Å²) >= 11 is 0. The van der Waals surface area contributed by atoms with Crippen molar-refractivity contribution in [1.29, 1.82) is 0 Å². The van der Waals surface area contributed by atoms with E-state index in [2.05, 4.69) is 0 Å². The quantitative estimate of drug-likeness (QED) is 0.256. The van der Waals surface area contributed by atoms with Crippen LogP contribution in [0.5, 0.6) is 0 Å². The lowest BCUT2D eigenvalue weighted by Gasteiger charge is -2.18. The lowest BCUT2D eigenvalue weighted by molar-refractivity contribution is -0.384. The molecular weight excluding hydrogens is 370 g/mol. The maximum absolute atomic E-state index is 13.2. The van der Waals surface area contributed by atoms with E-state index >= 15 is 0 Å². The highest BCUT2D eigenvalue weighted by molar-refractivity contribution is 6.02. The number of ketones is 1. The number of benzene rings is 3. The number of esters is 1. The Morgan fingerprint density at radius 1 is 0.862 bits per heavy atom. The molecule has 0 spiro atoms. The van der Waals surface area contributed by atoms with Crippen LogP contribution in [0.4, 0.5) is 5.69 Å². The zero-order chi connectivity index (χ0) is 21.0. The van der Waals surface area contributed by atoms with Gasteiger partial charge in [0, 0.05) is 23.3 Å². The molecule has 1 atom stereocenters. The number of nitro benzene ring substituents is 1.